The molecule has 0 saturated heterocycles. The molecule has 0 aliphatic heterocycles. The Morgan fingerprint density at radius 1 is 1.11 bits per heavy atom. The van der Waals surface area contributed by atoms with Crippen LogP contribution in [0, 0.1) is 6.92 Å². The Kier molecular flexibility index (Phi) is 4.72. The van der Waals surface area contributed by atoms with Gasteiger partial charge in [-0.2, -0.15) is 0 Å². The van der Waals surface area contributed by atoms with E-state index >= 15 is 0 Å². The molecule has 1 amide bonds. The number of aryl methyl sites for hydroxylation is 1. The van der Waals surface area contributed by atoms with Gasteiger partial charge in [0, 0.05) is 42.7 Å². The Hall–Kier alpha value is -3.74. The first-order valence-electron chi connectivity index (χ1n) is 8.98. The molecule has 0 fully saturated rings. The molecule has 3 aromatic heterocycles. The number of hydrogen-bond donors (Lipinski definition) is 2. The van der Waals surface area contributed by atoms with Crippen molar-refractivity contribution in [2.24, 2.45) is 0 Å². The molecule has 7 heteroatoms. The highest BCUT2D eigenvalue weighted by atomic mass is 16.1. The van der Waals surface area contributed by atoms with Crippen molar-refractivity contribution >= 4 is 11.6 Å². The maximum Gasteiger partial charge on any atom is 0.252 e. The van der Waals surface area contributed by atoms with E-state index in [9.17, 15) is 9.59 Å². The number of carbonyl (C=O) groups excluding carboxylic acids is 1. The van der Waals surface area contributed by atoms with Gasteiger partial charge in [-0.1, -0.05) is 30.3 Å². The highest BCUT2D eigenvalue weighted by Crippen LogP contribution is 2.19. The lowest BCUT2D eigenvalue weighted by atomic mass is 10.2. The van der Waals surface area contributed by atoms with Crippen LogP contribution in [0.4, 0.5) is 0 Å². The molecule has 0 atom stereocenters. The normalized spacial score (nSPS) is 10.9. The van der Waals surface area contributed by atoms with Gasteiger partial charge in [0.15, 0.2) is 0 Å². The molecule has 1 aromatic carbocycles. The zero-order valence-corrected chi connectivity index (χ0v) is 15.3. The van der Waals surface area contributed by atoms with Gasteiger partial charge in [0.05, 0.1) is 11.3 Å². The number of aromatic amines is 1. The van der Waals surface area contributed by atoms with Crippen molar-refractivity contribution in [2.45, 2.75) is 13.3 Å². The second kappa shape index (κ2) is 7.48. The van der Waals surface area contributed by atoms with Gasteiger partial charge < -0.3 is 14.7 Å². The predicted octanol–water partition coefficient (Wildman–Crippen LogP) is 2.37. The number of fused-ring (bicyclic) bond motifs is 1. The topological polar surface area (TPSA) is 92.1 Å². The van der Waals surface area contributed by atoms with Gasteiger partial charge in [-0.3, -0.25) is 9.59 Å². The largest absolute Gasteiger partial charge is 0.352 e. The lowest BCUT2D eigenvalue weighted by Crippen LogP contribution is -2.27. The van der Waals surface area contributed by atoms with Crippen molar-refractivity contribution in [3.8, 4) is 11.3 Å². The summed E-state index contributed by atoms with van der Waals surface area (Å²) in [6.07, 6.45) is 4.12. The Labute approximate surface area is 161 Å². The smallest absolute Gasteiger partial charge is 0.252 e. The molecule has 28 heavy (non-hydrogen) atoms. The number of nitrogens with one attached hydrogen (secondary N) is 2. The first kappa shape index (κ1) is 17.7. The van der Waals surface area contributed by atoms with E-state index in [0.29, 0.717) is 30.0 Å². The minimum Gasteiger partial charge on any atom is -0.352 e. The monoisotopic (exact) mass is 373 g/mol. The summed E-state index contributed by atoms with van der Waals surface area (Å²) in [5, 5.41) is 2.85. The molecule has 7 nitrogen and oxygen atoms in total. The number of benzene rings is 1. The van der Waals surface area contributed by atoms with Crippen LogP contribution in [-0.2, 0) is 6.42 Å². The van der Waals surface area contributed by atoms with Crippen LogP contribution < -0.4 is 10.9 Å². The second-order valence-electron chi connectivity index (χ2n) is 6.51. The number of pyridine rings is 1. The van der Waals surface area contributed by atoms with Crippen LogP contribution in [0.5, 0.6) is 0 Å². The summed E-state index contributed by atoms with van der Waals surface area (Å²) in [4.78, 5) is 35.4. The van der Waals surface area contributed by atoms with Gasteiger partial charge >= 0.3 is 0 Å². The van der Waals surface area contributed by atoms with Gasteiger partial charge in [-0.25, -0.2) is 9.97 Å². The third-order valence-corrected chi connectivity index (χ3v) is 4.35. The summed E-state index contributed by atoms with van der Waals surface area (Å²) < 4.78 is 1.84. The first-order valence-corrected chi connectivity index (χ1v) is 8.98. The average Bonchev–Trinajstić information content (AvgIpc) is 3.11. The zero-order chi connectivity index (χ0) is 19.5. The fourth-order valence-corrected chi connectivity index (χ4v) is 3.03. The van der Waals surface area contributed by atoms with Crippen molar-refractivity contribution in [3.05, 3.63) is 88.4 Å². The van der Waals surface area contributed by atoms with Crippen LogP contribution in [0.2, 0.25) is 0 Å². The van der Waals surface area contributed by atoms with Crippen molar-refractivity contribution < 1.29 is 4.79 Å². The van der Waals surface area contributed by atoms with Gasteiger partial charge in [0.25, 0.3) is 11.5 Å². The summed E-state index contributed by atoms with van der Waals surface area (Å²) >= 11 is 0. The molecule has 3 heterocycles. The summed E-state index contributed by atoms with van der Waals surface area (Å²) in [6.45, 7) is 2.14. The minimum absolute atomic E-state index is 0.186. The molecule has 140 valence electrons. The van der Waals surface area contributed by atoms with Crippen LogP contribution in [0.3, 0.4) is 0 Å². The third kappa shape index (κ3) is 3.83. The predicted molar refractivity (Wildman–Crippen MR) is 106 cm³/mol. The molecule has 0 bridgehead atoms. The number of imidazole rings is 1. The Bertz CT molecular complexity index is 1190. The zero-order valence-electron chi connectivity index (χ0n) is 15.3. The number of carbonyl (C=O) groups is 1. The third-order valence-electron chi connectivity index (χ3n) is 4.35. The molecule has 4 rings (SSSR count). The van der Waals surface area contributed by atoms with Gasteiger partial charge in [0.2, 0.25) is 0 Å². The van der Waals surface area contributed by atoms with E-state index in [2.05, 4.69) is 20.3 Å². The fourth-order valence-electron chi connectivity index (χ4n) is 3.03. The summed E-state index contributed by atoms with van der Waals surface area (Å²) in [7, 11) is 0. The first-order chi connectivity index (χ1) is 13.6. The van der Waals surface area contributed by atoms with Gasteiger partial charge in [-0.15, -0.1) is 0 Å². The van der Waals surface area contributed by atoms with Crippen LogP contribution in [0.25, 0.3) is 16.9 Å². The Morgan fingerprint density at radius 3 is 2.71 bits per heavy atom. The number of rotatable bonds is 5. The summed E-state index contributed by atoms with van der Waals surface area (Å²) in [5.74, 6) is 0.370. The lowest BCUT2D eigenvalue weighted by molar-refractivity contribution is 0.0953. The molecule has 4 aromatic rings. The van der Waals surface area contributed by atoms with E-state index < -0.39 is 0 Å². The molecule has 0 unspecified atom stereocenters. The highest BCUT2D eigenvalue weighted by molar-refractivity contribution is 5.94. The van der Waals surface area contributed by atoms with Gasteiger partial charge in [-0.05, 0) is 19.1 Å². The van der Waals surface area contributed by atoms with Crippen LogP contribution in [-0.4, -0.2) is 31.8 Å². The van der Waals surface area contributed by atoms with Crippen LogP contribution in [0.1, 0.15) is 21.9 Å². The molecule has 0 aliphatic carbocycles. The Morgan fingerprint density at radius 2 is 1.93 bits per heavy atom. The molecule has 0 aliphatic rings. The highest BCUT2D eigenvalue weighted by Gasteiger charge is 2.09. The maximum atomic E-state index is 12.5. The average molecular weight is 373 g/mol. The summed E-state index contributed by atoms with van der Waals surface area (Å²) in [6, 6.07) is 14.9. The van der Waals surface area contributed by atoms with Crippen molar-refractivity contribution in [1.82, 2.24) is 24.7 Å². The van der Waals surface area contributed by atoms with Gasteiger partial charge in [0.1, 0.15) is 11.5 Å². The van der Waals surface area contributed by atoms with E-state index in [1.165, 1.54) is 6.07 Å². The minimum atomic E-state index is -0.188. The second-order valence-corrected chi connectivity index (χ2v) is 6.51. The molecule has 0 spiro atoms. The molecular formula is C21H19N5O2. The SMILES string of the molecule is Cc1cc(=O)[nH]c(CCNC(=O)c2ccc3nc(-c4ccccc4)cn3c2)n1. The van der Waals surface area contributed by atoms with E-state index in [0.717, 1.165) is 16.9 Å². The molecule has 0 saturated carbocycles. The van der Waals surface area contributed by atoms with Crippen LogP contribution >= 0.6 is 0 Å². The van der Waals surface area contributed by atoms with E-state index in [1.807, 2.05) is 47.0 Å². The Balaban J connectivity index is 1.46. The van der Waals surface area contributed by atoms with E-state index in [-0.39, 0.29) is 11.5 Å². The summed E-state index contributed by atoms with van der Waals surface area (Å²) in [5.41, 5.74) is 3.66. The number of amides is 1. The van der Waals surface area contributed by atoms with E-state index in [1.54, 1.807) is 19.2 Å². The molecule has 0 radical (unpaired) electrons. The van der Waals surface area contributed by atoms with Crippen molar-refractivity contribution in [2.75, 3.05) is 6.54 Å². The number of nitrogens with zero attached hydrogens (tertiary/aromatic N) is 3. The molecule has 2 N–H and O–H groups in total. The quantitative estimate of drug-likeness (QED) is 0.562. The number of aromatic nitrogens is 4. The van der Waals surface area contributed by atoms with Crippen molar-refractivity contribution in [3.63, 3.8) is 0 Å². The number of H-pyrrole nitrogens is 1. The lowest BCUT2D eigenvalue weighted by Gasteiger charge is -2.06. The van der Waals surface area contributed by atoms with Crippen LogP contribution in [0.15, 0.2) is 65.7 Å². The standard InChI is InChI=1S/C21H19N5O2/c1-14-11-20(27)25-18(23-14)9-10-22-21(28)16-7-8-19-24-17(13-26(19)12-16)15-5-3-2-4-6-15/h2-8,11-13H,9-10H2,1H3,(H,22,28)(H,23,25,27). The van der Waals surface area contributed by atoms with E-state index in [4.69, 9.17) is 0 Å². The molecular weight excluding hydrogens is 354 g/mol. The maximum absolute atomic E-state index is 12.5. The van der Waals surface area contributed by atoms with Crippen molar-refractivity contribution in [1.29, 1.82) is 0 Å². The number of hydrogen-bond acceptors (Lipinski definition) is 4. The fraction of sp³-hybridized carbons (Fsp3) is 0.143.